The van der Waals surface area contributed by atoms with E-state index in [0.29, 0.717) is 17.6 Å². The van der Waals surface area contributed by atoms with E-state index in [-0.39, 0.29) is 28.5 Å². The second kappa shape index (κ2) is 12.4. The molecule has 1 amide bonds. The van der Waals surface area contributed by atoms with Crippen LogP contribution in [0, 0.1) is 5.92 Å². The van der Waals surface area contributed by atoms with Gasteiger partial charge in [-0.05, 0) is 24.1 Å². The number of allylic oxidation sites excluding steroid dienone is 1. The van der Waals surface area contributed by atoms with E-state index in [1.54, 1.807) is 6.08 Å². The minimum atomic E-state index is -0.627. The highest BCUT2D eigenvalue weighted by Gasteiger charge is 2.21. The fourth-order valence-corrected chi connectivity index (χ4v) is 4.80. The minimum absolute atomic E-state index is 0.0434. The number of carbonyl (C=O) groups excluding carboxylic acids is 3. The van der Waals surface area contributed by atoms with Crippen molar-refractivity contribution < 1.29 is 23.9 Å². The molecule has 0 aliphatic heterocycles. The molecule has 182 valence electrons. The molecule has 2 aromatic rings. The van der Waals surface area contributed by atoms with Crippen LogP contribution in [0.5, 0.6) is 0 Å². The van der Waals surface area contributed by atoms with Crippen molar-refractivity contribution in [3.8, 4) is 0 Å². The molecule has 0 radical (unpaired) electrons. The number of nitrogens with zero attached hydrogens (tertiary/aromatic N) is 3. The summed E-state index contributed by atoms with van der Waals surface area (Å²) in [6.45, 7) is 4.40. The standard InChI is InChI=1S/C24H30N4O5S/c1-4-12-28-20(13-16-8-6-5-7-9-16)26-27-24(28)34-15-21(29)25-19-14-17(22(30)32-2)10-11-18(19)23(31)33-3/h4,10-11,14,16H,1,5-9,12-13,15H2,2-3H3,(H,25,29). The zero-order valence-electron chi connectivity index (χ0n) is 19.5. The maximum absolute atomic E-state index is 12.7. The summed E-state index contributed by atoms with van der Waals surface area (Å²) in [5.74, 6) is -0.00207. The number of hydrogen-bond acceptors (Lipinski definition) is 8. The third kappa shape index (κ3) is 6.47. The maximum atomic E-state index is 12.7. The Balaban J connectivity index is 1.70. The monoisotopic (exact) mass is 486 g/mol. The van der Waals surface area contributed by atoms with Gasteiger partial charge >= 0.3 is 11.9 Å². The molecule has 1 heterocycles. The number of nitrogens with one attached hydrogen (secondary N) is 1. The molecule has 0 bridgehead atoms. The van der Waals surface area contributed by atoms with Crippen LogP contribution in [0.3, 0.4) is 0 Å². The second-order valence-electron chi connectivity index (χ2n) is 8.09. The van der Waals surface area contributed by atoms with Crippen LogP contribution in [0.2, 0.25) is 0 Å². The molecule has 1 aliphatic carbocycles. The SMILES string of the molecule is C=CCn1c(CC2CCCCC2)nnc1SCC(=O)Nc1cc(C(=O)OC)ccc1C(=O)OC. The average Bonchev–Trinajstić information content (AvgIpc) is 3.23. The Bertz CT molecular complexity index is 1050. The van der Waals surface area contributed by atoms with Crippen LogP contribution < -0.4 is 5.32 Å². The molecule has 34 heavy (non-hydrogen) atoms. The van der Waals surface area contributed by atoms with E-state index in [9.17, 15) is 14.4 Å². The Labute approximate surface area is 203 Å². The molecule has 1 fully saturated rings. The van der Waals surface area contributed by atoms with Crippen LogP contribution in [0.25, 0.3) is 0 Å². The summed E-state index contributed by atoms with van der Waals surface area (Å²) in [6.07, 6.45) is 8.89. The second-order valence-corrected chi connectivity index (χ2v) is 9.03. The maximum Gasteiger partial charge on any atom is 0.339 e. The van der Waals surface area contributed by atoms with Gasteiger partial charge in [0, 0.05) is 13.0 Å². The molecule has 0 saturated heterocycles. The molecule has 1 saturated carbocycles. The number of ether oxygens (including phenoxy) is 2. The largest absolute Gasteiger partial charge is 0.465 e. The highest BCUT2D eigenvalue weighted by molar-refractivity contribution is 7.99. The Hall–Kier alpha value is -3.14. The van der Waals surface area contributed by atoms with Gasteiger partial charge in [-0.1, -0.05) is 49.9 Å². The summed E-state index contributed by atoms with van der Waals surface area (Å²) in [6, 6.07) is 4.25. The van der Waals surface area contributed by atoms with Gasteiger partial charge in [-0.15, -0.1) is 16.8 Å². The Morgan fingerprint density at radius 3 is 2.56 bits per heavy atom. The molecule has 0 spiro atoms. The van der Waals surface area contributed by atoms with Gasteiger partial charge in [-0.3, -0.25) is 4.79 Å². The quantitative estimate of drug-likeness (QED) is 0.306. The van der Waals surface area contributed by atoms with Crippen LogP contribution in [-0.2, 0) is 27.2 Å². The number of rotatable bonds is 10. The molecule has 1 aromatic carbocycles. The summed E-state index contributed by atoms with van der Waals surface area (Å²) in [5.41, 5.74) is 0.514. The first kappa shape index (κ1) is 25.5. The van der Waals surface area contributed by atoms with E-state index >= 15 is 0 Å². The summed E-state index contributed by atoms with van der Waals surface area (Å²) in [5, 5.41) is 12.0. The first-order valence-electron chi connectivity index (χ1n) is 11.2. The van der Waals surface area contributed by atoms with Gasteiger partial charge in [0.15, 0.2) is 5.16 Å². The lowest BCUT2D eigenvalue weighted by Gasteiger charge is -2.21. The van der Waals surface area contributed by atoms with Crippen molar-refractivity contribution in [3.05, 3.63) is 47.8 Å². The molecule has 9 nitrogen and oxygen atoms in total. The Kier molecular flexibility index (Phi) is 9.26. The third-order valence-corrected chi connectivity index (χ3v) is 6.72. The van der Waals surface area contributed by atoms with Crippen molar-refractivity contribution in [2.75, 3.05) is 25.3 Å². The van der Waals surface area contributed by atoms with E-state index in [2.05, 4.69) is 22.1 Å². The van der Waals surface area contributed by atoms with Crippen LogP contribution in [0.4, 0.5) is 5.69 Å². The molecule has 0 unspecified atom stereocenters. The van der Waals surface area contributed by atoms with Gasteiger partial charge in [-0.25, -0.2) is 9.59 Å². The molecule has 0 atom stereocenters. The van der Waals surface area contributed by atoms with Crippen LogP contribution >= 0.6 is 11.8 Å². The van der Waals surface area contributed by atoms with Gasteiger partial charge in [0.05, 0.1) is 36.8 Å². The zero-order chi connectivity index (χ0) is 24.5. The summed E-state index contributed by atoms with van der Waals surface area (Å²) in [4.78, 5) is 36.7. The van der Waals surface area contributed by atoms with Crippen LogP contribution in [0.1, 0.15) is 58.6 Å². The highest BCUT2D eigenvalue weighted by atomic mass is 32.2. The van der Waals surface area contributed by atoms with Crippen LogP contribution in [0.15, 0.2) is 36.0 Å². The van der Waals surface area contributed by atoms with Crippen molar-refractivity contribution in [2.24, 2.45) is 5.92 Å². The molecule has 1 aliphatic rings. The summed E-state index contributed by atoms with van der Waals surface area (Å²) < 4.78 is 11.5. The lowest BCUT2D eigenvalue weighted by molar-refractivity contribution is -0.113. The van der Waals surface area contributed by atoms with Crippen molar-refractivity contribution in [2.45, 2.75) is 50.2 Å². The van der Waals surface area contributed by atoms with E-state index in [1.807, 2.05) is 4.57 Å². The van der Waals surface area contributed by atoms with E-state index in [0.717, 1.165) is 12.2 Å². The number of esters is 2. The number of methoxy groups -OCH3 is 2. The Morgan fingerprint density at radius 1 is 1.15 bits per heavy atom. The first-order valence-corrected chi connectivity index (χ1v) is 12.2. The van der Waals surface area contributed by atoms with Crippen molar-refractivity contribution >= 4 is 35.3 Å². The number of anilines is 1. The number of aromatic nitrogens is 3. The third-order valence-electron chi connectivity index (χ3n) is 5.75. The molecule has 10 heteroatoms. The van der Waals surface area contributed by atoms with E-state index < -0.39 is 11.9 Å². The molecular formula is C24H30N4O5S. The number of thioether (sulfide) groups is 1. The number of carbonyl (C=O) groups is 3. The molecule has 3 rings (SSSR count). The van der Waals surface area contributed by atoms with Gasteiger partial charge < -0.3 is 19.4 Å². The first-order chi connectivity index (χ1) is 16.5. The lowest BCUT2D eigenvalue weighted by Crippen LogP contribution is -2.18. The van der Waals surface area contributed by atoms with Gasteiger partial charge in [0.25, 0.3) is 0 Å². The topological polar surface area (TPSA) is 112 Å². The molecule has 1 aromatic heterocycles. The van der Waals surface area contributed by atoms with E-state index in [1.165, 1.54) is 76.3 Å². The minimum Gasteiger partial charge on any atom is -0.465 e. The molecule has 1 N–H and O–H groups in total. The van der Waals surface area contributed by atoms with Crippen molar-refractivity contribution in [1.29, 1.82) is 0 Å². The van der Waals surface area contributed by atoms with Crippen molar-refractivity contribution in [3.63, 3.8) is 0 Å². The predicted octanol–water partition coefficient (Wildman–Crippen LogP) is 3.89. The van der Waals surface area contributed by atoms with Crippen molar-refractivity contribution in [1.82, 2.24) is 14.8 Å². The van der Waals surface area contributed by atoms with Gasteiger partial charge in [0.1, 0.15) is 5.82 Å². The normalized spacial score (nSPS) is 13.8. The van der Waals surface area contributed by atoms with E-state index in [4.69, 9.17) is 9.47 Å². The highest BCUT2D eigenvalue weighted by Crippen LogP contribution is 2.28. The average molecular weight is 487 g/mol. The van der Waals surface area contributed by atoms with Crippen LogP contribution in [-0.4, -0.2) is 52.6 Å². The van der Waals surface area contributed by atoms with Gasteiger partial charge in [-0.2, -0.15) is 0 Å². The smallest absolute Gasteiger partial charge is 0.339 e. The number of hydrogen-bond donors (Lipinski definition) is 1. The number of benzene rings is 1. The fraction of sp³-hybridized carbons (Fsp3) is 0.458. The lowest BCUT2D eigenvalue weighted by atomic mass is 9.87. The summed E-state index contributed by atoms with van der Waals surface area (Å²) >= 11 is 1.25. The Morgan fingerprint density at radius 2 is 1.88 bits per heavy atom. The predicted molar refractivity (Wildman–Crippen MR) is 129 cm³/mol. The van der Waals surface area contributed by atoms with Gasteiger partial charge in [0.2, 0.25) is 5.91 Å². The summed E-state index contributed by atoms with van der Waals surface area (Å²) in [7, 11) is 2.50. The fourth-order valence-electron chi connectivity index (χ4n) is 4.04. The molecular weight excluding hydrogens is 456 g/mol. The number of amides is 1. The zero-order valence-corrected chi connectivity index (χ0v) is 20.4.